The summed E-state index contributed by atoms with van der Waals surface area (Å²) in [6, 6.07) is 6.37. The van der Waals surface area contributed by atoms with Gasteiger partial charge in [-0.15, -0.1) is 11.3 Å². The summed E-state index contributed by atoms with van der Waals surface area (Å²) in [5, 5.41) is 3.42. The fourth-order valence-corrected chi connectivity index (χ4v) is 4.08. The smallest absolute Gasteiger partial charge is 0.137 e. The summed E-state index contributed by atoms with van der Waals surface area (Å²) < 4.78 is 6.86. The van der Waals surface area contributed by atoms with Crippen molar-refractivity contribution in [2.24, 2.45) is 0 Å². The maximum atomic E-state index is 5.55. The highest BCUT2D eigenvalue weighted by molar-refractivity contribution is 7.17. The number of hydrogen-bond donors (Lipinski definition) is 0. The molecule has 4 rings (SSSR count). The lowest BCUT2D eigenvalue weighted by molar-refractivity contribution is 0.248. The van der Waals surface area contributed by atoms with Crippen LogP contribution in [0.2, 0.25) is 0 Å². The van der Waals surface area contributed by atoms with Crippen molar-refractivity contribution in [3.05, 3.63) is 47.7 Å². The van der Waals surface area contributed by atoms with Crippen molar-refractivity contribution in [3.63, 3.8) is 0 Å². The Bertz CT molecular complexity index is 842. The normalized spacial score (nSPS) is 15.6. The SMILES string of the molecule is CCOc1cncc(CN2CCN(c3nccc4sccc34)CC2)c1. The van der Waals surface area contributed by atoms with E-state index in [-0.39, 0.29) is 0 Å². The average Bonchev–Trinajstić information content (AvgIpc) is 3.12. The molecule has 0 unspecified atom stereocenters. The number of thiophene rings is 1. The van der Waals surface area contributed by atoms with Gasteiger partial charge in [-0.2, -0.15) is 0 Å². The van der Waals surface area contributed by atoms with E-state index in [9.17, 15) is 0 Å². The van der Waals surface area contributed by atoms with Crippen molar-refractivity contribution < 1.29 is 4.74 Å². The lowest BCUT2D eigenvalue weighted by Gasteiger charge is -2.35. The number of nitrogens with zero attached hydrogens (tertiary/aromatic N) is 4. The molecule has 6 heteroatoms. The average molecular weight is 354 g/mol. The molecule has 0 atom stereocenters. The van der Waals surface area contributed by atoms with Gasteiger partial charge in [0.05, 0.1) is 12.8 Å². The van der Waals surface area contributed by atoms with Crippen LogP contribution in [0.15, 0.2) is 42.2 Å². The predicted octanol–water partition coefficient (Wildman–Crippen LogP) is 3.41. The molecular formula is C19H22N4OS. The molecule has 1 saturated heterocycles. The zero-order chi connectivity index (χ0) is 17.1. The van der Waals surface area contributed by atoms with Crippen molar-refractivity contribution in [1.82, 2.24) is 14.9 Å². The van der Waals surface area contributed by atoms with E-state index in [2.05, 4.69) is 43.3 Å². The first-order chi connectivity index (χ1) is 12.3. The van der Waals surface area contributed by atoms with Gasteiger partial charge in [-0.3, -0.25) is 9.88 Å². The summed E-state index contributed by atoms with van der Waals surface area (Å²) in [4.78, 5) is 13.8. The number of rotatable bonds is 5. The summed E-state index contributed by atoms with van der Waals surface area (Å²) in [6.45, 7) is 7.64. The van der Waals surface area contributed by atoms with Crippen molar-refractivity contribution in [1.29, 1.82) is 0 Å². The van der Waals surface area contributed by atoms with Crippen LogP contribution in [0, 0.1) is 0 Å². The molecule has 0 amide bonds. The molecular weight excluding hydrogens is 332 g/mol. The van der Waals surface area contributed by atoms with E-state index in [0.717, 1.165) is 44.3 Å². The van der Waals surface area contributed by atoms with Gasteiger partial charge in [0.25, 0.3) is 0 Å². The molecule has 0 aliphatic carbocycles. The van der Waals surface area contributed by atoms with Crippen LogP contribution in [0.5, 0.6) is 5.75 Å². The lowest BCUT2D eigenvalue weighted by atomic mass is 10.2. The second-order valence-electron chi connectivity index (χ2n) is 6.19. The van der Waals surface area contributed by atoms with Gasteiger partial charge in [-0.1, -0.05) is 0 Å². The summed E-state index contributed by atoms with van der Waals surface area (Å²) in [5.41, 5.74) is 1.21. The van der Waals surface area contributed by atoms with Gasteiger partial charge >= 0.3 is 0 Å². The van der Waals surface area contributed by atoms with Crippen LogP contribution >= 0.6 is 11.3 Å². The van der Waals surface area contributed by atoms with Crippen LogP contribution < -0.4 is 9.64 Å². The Morgan fingerprint density at radius 2 is 2.04 bits per heavy atom. The zero-order valence-corrected chi connectivity index (χ0v) is 15.2. The number of hydrogen-bond acceptors (Lipinski definition) is 6. The van der Waals surface area contributed by atoms with E-state index in [1.807, 2.05) is 19.3 Å². The number of anilines is 1. The number of aromatic nitrogens is 2. The highest BCUT2D eigenvalue weighted by Gasteiger charge is 2.20. The van der Waals surface area contributed by atoms with Crippen LogP contribution in [0.25, 0.3) is 10.1 Å². The van der Waals surface area contributed by atoms with Gasteiger partial charge in [0.15, 0.2) is 0 Å². The second-order valence-corrected chi connectivity index (χ2v) is 7.14. The van der Waals surface area contributed by atoms with E-state index in [4.69, 9.17) is 4.74 Å². The van der Waals surface area contributed by atoms with Crippen molar-refractivity contribution >= 4 is 27.2 Å². The first kappa shape index (κ1) is 16.3. The molecule has 4 heterocycles. The van der Waals surface area contributed by atoms with Gasteiger partial charge in [0.1, 0.15) is 11.6 Å². The van der Waals surface area contributed by atoms with E-state index < -0.39 is 0 Å². The number of ether oxygens (including phenoxy) is 1. The molecule has 0 bridgehead atoms. The maximum absolute atomic E-state index is 5.55. The Balaban J connectivity index is 1.40. The zero-order valence-electron chi connectivity index (χ0n) is 14.4. The minimum absolute atomic E-state index is 0.672. The number of piperazine rings is 1. The van der Waals surface area contributed by atoms with E-state index in [0.29, 0.717) is 6.61 Å². The Morgan fingerprint density at radius 1 is 1.16 bits per heavy atom. The highest BCUT2D eigenvalue weighted by atomic mass is 32.1. The molecule has 3 aromatic heterocycles. The standard InChI is InChI=1S/C19H22N4OS/c1-2-24-16-11-15(12-20-13-16)14-22-6-8-23(9-7-22)19-17-4-10-25-18(17)3-5-21-19/h3-5,10-13H,2,6-9,14H2,1H3. The first-order valence-electron chi connectivity index (χ1n) is 8.69. The van der Waals surface area contributed by atoms with Crippen molar-refractivity contribution in [2.45, 2.75) is 13.5 Å². The minimum Gasteiger partial charge on any atom is -0.492 e. The second kappa shape index (κ2) is 7.37. The topological polar surface area (TPSA) is 41.5 Å². The van der Waals surface area contributed by atoms with E-state index >= 15 is 0 Å². The minimum atomic E-state index is 0.672. The van der Waals surface area contributed by atoms with Crippen molar-refractivity contribution in [3.8, 4) is 5.75 Å². The third-order valence-corrected chi connectivity index (χ3v) is 5.40. The highest BCUT2D eigenvalue weighted by Crippen LogP contribution is 2.29. The summed E-state index contributed by atoms with van der Waals surface area (Å²) in [6.07, 6.45) is 5.63. The van der Waals surface area contributed by atoms with Gasteiger partial charge in [0, 0.05) is 55.2 Å². The Labute approximate surface area is 151 Å². The third-order valence-electron chi connectivity index (χ3n) is 4.52. The Morgan fingerprint density at radius 3 is 2.88 bits per heavy atom. The van der Waals surface area contributed by atoms with Crippen molar-refractivity contribution in [2.75, 3.05) is 37.7 Å². The number of pyridine rings is 2. The van der Waals surface area contributed by atoms with Crippen LogP contribution in [-0.4, -0.2) is 47.7 Å². The van der Waals surface area contributed by atoms with E-state index in [1.165, 1.54) is 15.6 Å². The number of fused-ring (bicyclic) bond motifs is 1. The summed E-state index contributed by atoms with van der Waals surface area (Å²) in [7, 11) is 0. The summed E-state index contributed by atoms with van der Waals surface area (Å²) in [5.74, 6) is 1.98. The molecule has 0 saturated carbocycles. The van der Waals surface area contributed by atoms with Gasteiger partial charge < -0.3 is 9.64 Å². The molecule has 0 N–H and O–H groups in total. The predicted molar refractivity (Wildman–Crippen MR) is 103 cm³/mol. The molecule has 25 heavy (non-hydrogen) atoms. The van der Waals surface area contributed by atoms with Crippen LogP contribution in [0.3, 0.4) is 0 Å². The van der Waals surface area contributed by atoms with Crippen LogP contribution in [-0.2, 0) is 6.54 Å². The molecule has 3 aromatic rings. The largest absolute Gasteiger partial charge is 0.492 e. The molecule has 0 aromatic carbocycles. The fourth-order valence-electron chi connectivity index (χ4n) is 3.30. The molecule has 130 valence electrons. The monoisotopic (exact) mass is 354 g/mol. The van der Waals surface area contributed by atoms with E-state index in [1.54, 1.807) is 17.5 Å². The summed E-state index contributed by atoms with van der Waals surface area (Å²) >= 11 is 1.78. The molecule has 5 nitrogen and oxygen atoms in total. The quantitative estimate of drug-likeness (QED) is 0.702. The molecule has 1 aliphatic rings. The maximum Gasteiger partial charge on any atom is 0.137 e. The Kier molecular flexibility index (Phi) is 4.81. The Hall–Kier alpha value is -2.18. The third kappa shape index (κ3) is 3.60. The molecule has 0 radical (unpaired) electrons. The van der Waals surface area contributed by atoms with Gasteiger partial charge in [-0.05, 0) is 36.1 Å². The molecule has 0 spiro atoms. The fraction of sp³-hybridized carbons (Fsp3) is 0.368. The van der Waals surface area contributed by atoms with Gasteiger partial charge in [-0.25, -0.2) is 4.98 Å². The first-order valence-corrected chi connectivity index (χ1v) is 9.57. The van der Waals surface area contributed by atoms with Crippen LogP contribution in [0.1, 0.15) is 12.5 Å². The molecule has 1 fully saturated rings. The van der Waals surface area contributed by atoms with Gasteiger partial charge in [0.2, 0.25) is 0 Å². The lowest BCUT2D eigenvalue weighted by Crippen LogP contribution is -2.46. The van der Waals surface area contributed by atoms with Crippen LogP contribution in [0.4, 0.5) is 5.82 Å². The molecule has 1 aliphatic heterocycles.